The Balaban J connectivity index is 2.06. The number of pyridine rings is 1. The van der Waals surface area contributed by atoms with E-state index >= 15 is 0 Å². The van der Waals surface area contributed by atoms with Gasteiger partial charge in [-0.25, -0.2) is 9.37 Å². The Morgan fingerprint density at radius 1 is 1.54 bits per heavy atom. The summed E-state index contributed by atoms with van der Waals surface area (Å²) >= 11 is 0. The number of hydrogen-bond acceptors (Lipinski definition) is 3. The highest BCUT2D eigenvalue weighted by Gasteiger charge is 2.26. The van der Waals surface area contributed by atoms with Crippen LogP contribution in [0.5, 0.6) is 0 Å². The minimum Gasteiger partial charge on any atom is -0.351 e. The van der Waals surface area contributed by atoms with E-state index in [-0.39, 0.29) is 0 Å². The summed E-state index contributed by atoms with van der Waals surface area (Å²) in [5.74, 6) is 0.839. The van der Waals surface area contributed by atoms with Gasteiger partial charge in [-0.2, -0.15) is 0 Å². The number of aromatic nitrogens is 1. The molecule has 0 unspecified atom stereocenters. The molecule has 3 nitrogen and oxygen atoms in total. The summed E-state index contributed by atoms with van der Waals surface area (Å²) < 4.78 is 12.5. The van der Waals surface area contributed by atoms with Crippen LogP contribution in [0.2, 0.25) is 0 Å². The highest BCUT2D eigenvalue weighted by Crippen LogP contribution is 2.19. The van der Waals surface area contributed by atoms with Crippen LogP contribution in [0.1, 0.15) is 5.56 Å². The molecule has 1 aromatic rings. The van der Waals surface area contributed by atoms with Gasteiger partial charge in [-0.05, 0) is 11.6 Å². The van der Waals surface area contributed by atoms with E-state index in [4.69, 9.17) is 5.73 Å². The van der Waals surface area contributed by atoms with E-state index in [1.165, 1.54) is 0 Å². The first-order valence-corrected chi connectivity index (χ1v) is 4.33. The van der Waals surface area contributed by atoms with Crippen molar-refractivity contribution in [1.82, 2.24) is 4.98 Å². The fourth-order valence-electron chi connectivity index (χ4n) is 1.34. The zero-order valence-electron chi connectivity index (χ0n) is 7.28. The number of alkyl halides is 1. The van der Waals surface area contributed by atoms with Gasteiger partial charge in [0.25, 0.3) is 0 Å². The zero-order chi connectivity index (χ0) is 9.26. The van der Waals surface area contributed by atoms with E-state index in [0.717, 1.165) is 11.4 Å². The summed E-state index contributed by atoms with van der Waals surface area (Å²) in [6.45, 7) is 1.43. The molecule has 1 aliphatic rings. The molecule has 0 bridgehead atoms. The third-order valence-electron chi connectivity index (χ3n) is 2.21. The van der Waals surface area contributed by atoms with Crippen molar-refractivity contribution in [2.24, 2.45) is 5.73 Å². The Kier molecular flexibility index (Phi) is 2.14. The normalized spacial score (nSPS) is 17.2. The van der Waals surface area contributed by atoms with Crippen LogP contribution in [0, 0.1) is 0 Å². The van der Waals surface area contributed by atoms with Gasteiger partial charge < -0.3 is 10.6 Å². The van der Waals surface area contributed by atoms with E-state index in [9.17, 15) is 4.39 Å². The maximum atomic E-state index is 12.5. The van der Waals surface area contributed by atoms with Crippen LogP contribution >= 0.6 is 0 Å². The largest absolute Gasteiger partial charge is 0.351 e. The molecule has 0 spiro atoms. The molecule has 2 heterocycles. The lowest BCUT2D eigenvalue weighted by Gasteiger charge is -2.35. The zero-order valence-corrected chi connectivity index (χ0v) is 7.28. The second-order valence-corrected chi connectivity index (χ2v) is 3.23. The standard InChI is InChI=1S/C9H12FN3/c10-8-5-13(6-8)9-2-1-7(3-11)4-12-9/h1-2,4,8H,3,5-6,11H2. The molecular weight excluding hydrogens is 169 g/mol. The molecule has 1 aliphatic heterocycles. The molecule has 2 N–H and O–H groups in total. The third-order valence-corrected chi connectivity index (χ3v) is 2.21. The lowest BCUT2D eigenvalue weighted by Crippen LogP contribution is -2.48. The van der Waals surface area contributed by atoms with Crippen molar-refractivity contribution in [2.45, 2.75) is 12.7 Å². The molecule has 0 saturated carbocycles. The fourth-order valence-corrected chi connectivity index (χ4v) is 1.34. The number of nitrogens with two attached hydrogens (primary N) is 1. The molecule has 0 atom stereocenters. The van der Waals surface area contributed by atoms with Crippen molar-refractivity contribution >= 4 is 5.82 Å². The van der Waals surface area contributed by atoms with Crippen LogP contribution in [-0.2, 0) is 6.54 Å². The summed E-state index contributed by atoms with van der Waals surface area (Å²) in [6.07, 6.45) is 1.05. The summed E-state index contributed by atoms with van der Waals surface area (Å²) in [6, 6.07) is 3.81. The van der Waals surface area contributed by atoms with Crippen molar-refractivity contribution in [3.8, 4) is 0 Å². The Morgan fingerprint density at radius 2 is 2.31 bits per heavy atom. The molecule has 70 valence electrons. The molecule has 1 saturated heterocycles. The average Bonchev–Trinajstić information content (AvgIpc) is 2.13. The predicted molar refractivity (Wildman–Crippen MR) is 49.2 cm³/mol. The van der Waals surface area contributed by atoms with Gasteiger partial charge in [0.05, 0.1) is 13.1 Å². The molecule has 1 aromatic heterocycles. The van der Waals surface area contributed by atoms with Gasteiger partial charge in [0, 0.05) is 12.7 Å². The van der Waals surface area contributed by atoms with Crippen molar-refractivity contribution in [3.05, 3.63) is 23.9 Å². The van der Waals surface area contributed by atoms with Gasteiger partial charge in [0.15, 0.2) is 0 Å². The fraction of sp³-hybridized carbons (Fsp3) is 0.444. The van der Waals surface area contributed by atoms with Gasteiger partial charge in [0.1, 0.15) is 12.0 Å². The second-order valence-electron chi connectivity index (χ2n) is 3.23. The predicted octanol–water partition coefficient (Wildman–Crippen LogP) is 0.698. The molecular formula is C9H12FN3. The molecule has 0 aliphatic carbocycles. The van der Waals surface area contributed by atoms with Crippen LogP contribution in [-0.4, -0.2) is 24.2 Å². The molecule has 4 heteroatoms. The van der Waals surface area contributed by atoms with Crippen LogP contribution in [0.3, 0.4) is 0 Å². The van der Waals surface area contributed by atoms with Gasteiger partial charge in [-0.15, -0.1) is 0 Å². The first-order chi connectivity index (χ1) is 6.29. The number of rotatable bonds is 2. The van der Waals surface area contributed by atoms with E-state index in [0.29, 0.717) is 19.6 Å². The first-order valence-electron chi connectivity index (χ1n) is 4.33. The van der Waals surface area contributed by atoms with Gasteiger partial charge in [0.2, 0.25) is 0 Å². The molecule has 1 fully saturated rings. The minimum atomic E-state index is -0.684. The molecule has 0 radical (unpaired) electrons. The lowest BCUT2D eigenvalue weighted by molar-refractivity contribution is 0.273. The molecule has 13 heavy (non-hydrogen) atoms. The van der Waals surface area contributed by atoms with Crippen molar-refractivity contribution < 1.29 is 4.39 Å². The number of halogens is 1. The molecule has 2 rings (SSSR count). The summed E-state index contributed by atoms with van der Waals surface area (Å²) in [7, 11) is 0. The van der Waals surface area contributed by atoms with E-state index in [2.05, 4.69) is 4.98 Å². The Hall–Kier alpha value is -1.16. The monoisotopic (exact) mass is 181 g/mol. The summed E-state index contributed by atoms with van der Waals surface area (Å²) in [4.78, 5) is 6.09. The van der Waals surface area contributed by atoms with Gasteiger partial charge >= 0.3 is 0 Å². The van der Waals surface area contributed by atoms with Gasteiger partial charge in [-0.3, -0.25) is 0 Å². The molecule has 0 amide bonds. The summed E-state index contributed by atoms with van der Waals surface area (Å²) in [5.41, 5.74) is 6.43. The second kappa shape index (κ2) is 3.30. The average molecular weight is 181 g/mol. The van der Waals surface area contributed by atoms with Crippen LogP contribution in [0.25, 0.3) is 0 Å². The summed E-state index contributed by atoms with van der Waals surface area (Å²) in [5, 5.41) is 0. The van der Waals surface area contributed by atoms with Crippen LogP contribution in [0.4, 0.5) is 10.2 Å². The maximum absolute atomic E-state index is 12.5. The van der Waals surface area contributed by atoms with Crippen LogP contribution < -0.4 is 10.6 Å². The Morgan fingerprint density at radius 3 is 2.77 bits per heavy atom. The van der Waals surface area contributed by atoms with E-state index in [1.807, 2.05) is 17.0 Å². The van der Waals surface area contributed by atoms with Crippen LogP contribution in [0.15, 0.2) is 18.3 Å². The quantitative estimate of drug-likeness (QED) is 0.730. The Labute approximate surface area is 76.4 Å². The molecule has 0 aromatic carbocycles. The van der Waals surface area contributed by atoms with E-state index in [1.54, 1.807) is 6.20 Å². The smallest absolute Gasteiger partial charge is 0.135 e. The van der Waals surface area contributed by atoms with Crippen molar-refractivity contribution in [3.63, 3.8) is 0 Å². The first kappa shape index (κ1) is 8.44. The third kappa shape index (κ3) is 1.62. The maximum Gasteiger partial charge on any atom is 0.135 e. The van der Waals surface area contributed by atoms with Crippen molar-refractivity contribution in [2.75, 3.05) is 18.0 Å². The number of nitrogens with zero attached hydrogens (tertiary/aromatic N) is 2. The minimum absolute atomic E-state index is 0.467. The highest BCUT2D eigenvalue weighted by atomic mass is 19.1. The number of hydrogen-bond donors (Lipinski definition) is 1. The SMILES string of the molecule is NCc1ccc(N2CC(F)C2)nc1. The topological polar surface area (TPSA) is 42.1 Å². The van der Waals surface area contributed by atoms with E-state index < -0.39 is 6.17 Å². The van der Waals surface area contributed by atoms with Crippen molar-refractivity contribution in [1.29, 1.82) is 0 Å². The Bertz CT molecular complexity index is 279. The number of anilines is 1. The lowest BCUT2D eigenvalue weighted by atomic mass is 10.2. The van der Waals surface area contributed by atoms with Gasteiger partial charge in [-0.1, -0.05) is 6.07 Å². The highest BCUT2D eigenvalue weighted by molar-refractivity contribution is 5.42.